The van der Waals surface area contributed by atoms with Crippen molar-refractivity contribution >= 4 is 15.9 Å². The fraction of sp³-hybridized carbons (Fsp3) is 0.800. The van der Waals surface area contributed by atoms with Gasteiger partial charge in [-0.05, 0) is 25.7 Å². The van der Waals surface area contributed by atoms with Gasteiger partial charge < -0.3 is 9.47 Å². The average molecular weight is 424 g/mol. The molecule has 0 aromatic carbocycles. The molecule has 0 N–H and O–H groups in total. The monoisotopic (exact) mass is 423 g/mol. The van der Waals surface area contributed by atoms with Gasteiger partial charge in [0.25, 0.3) is 10.0 Å². The van der Waals surface area contributed by atoms with Gasteiger partial charge >= 0.3 is 0 Å². The van der Waals surface area contributed by atoms with Crippen molar-refractivity contribution in [1.29, 1.82) is 0 Å². The third-order valence-electron chi connectivity index (χ3n) is 6.60. The summed E-state index contributed by atoms with van der Waals surface area (Å²) in [4.78, 5) is 21.2. The molecule has 162 valence electrons. The van der Waals surface area contributed by atoms with Gasteiger partial charge in [0.05, 0.1) is 6.33 Å². The van der Waals surface area contributed by atoms with E-state index in [9.17, 15) is 13.2 Å². The molecule has 0 bridgehead atoms. The van der Waals surface area contributed by atoms with E-state index < -0.39 is 10.0 Å². The Morgan fingerprint density at radius 3 is 2.28 bits per heavy atom. The maximum Gasteiger partial charge on any atom is 0.262 e. The molecule has 3 aliphatic rings. The van der Waals surface area contributed by atoms with Crippen molar-refractivity contribution in [1.82, 2.24) is 23.7 Å². The van der Waals surface area contributed by atoms with Crippen LogP contribution in [0.4, 0.5) is 0 Å². The highest BCUT2D eigenvalue weighted by Gasteiger charge is 2.29. The summed E-state index contributed by atoms with van der Waals surface area (Å²) in [5.74, 6) is 0.0348. The number of carbonyl (C=O) groups excluding carboxylic acids is 1. The first-order valence-corrected chi connectivity index (χ1v) is 12.5. The van der Waals surface area contributed by atoms with Crippen LogP contribution in [0.25, 0.3) is 0 Å². The molecule has 0 unspecified atom stereocenters. The van der Waals surface area contributed by atoms with Crippen LogP contribution in [0.3, 0.4) is 0 Å². The molecule has 0 radical (unpaired) electrons. The van der Waals surface area contributed by atoms with Gasteiger partial charge in [-0.2, -0.15) is 4.31 Å². The Morgan fingerprint density at radius 2 is 1.59 bits per heavy atom. The summed E-state index contributed by atoms with van der Waals surface area (Å²) in [7, 11) is -3.55. The lowest BCUT2D eigenvalue weighted by molar-refractivity contribution is -0.134. The van der Waals surface area contributed by atoms with Crippen LogP contribution in [-0.4, -0.2) is 83.3 Å². The van der Waals surface area contributed by atoms with Crippen LogP contribution in [-0.2, 0) is 21.4 Å². The second-order valence-electron chi connectivity index (χ2n) is 8.56. The molecule has 8 nitrogen and oxygen atoms in total. The SMILES string of the molecule is O=C(Cn1cnc(S(=O)(=O)N2CCCCC2)c1)N1CCN(C2CCCCC2)CC1. The zero-order valence-electron chi connectivity index (χ0n) is 17.2. The predicted molar refractivity (Wildman–Crippen MR) is 110 cm³/mol. The first kappa shape index (κ1) is 20.8. The van der Waals surface area contributed by atoms with E-state index in [0.717, 1.165) is 45.4 Å². The minimum atomic E-state index is -3.55. The van der Waals surface area contributed by atoms with Gasteiger partial charge in [0.1, 0.15) is 6.54 Å². The minimum absolute atomic E-state index is 0.0348. The van der Waals surface area contributed by atoms with Crippen LogP contribution in [0.1, 0.15) is 51.4 Å². The van der Waals surface area contributed by atoms with Crippen molar-refractivity contribution in [3.05, 3.63) is 12.5 Å². The van der Waals surface area contributed by atoms with Crippen LogP contribution >= 0.6 is 0 Å². The second-order valence-corrected chi connectivity index (χ2v) is 10.4. The number of aromatic nitrogens is 2. The van der Waals surface area contributed by atoms with E-state index in [0.29, 0.717) is 19.1 Å². The molecule has 9 heteroatoms. The number of piperidine rings is 1. The van der Waals surface area contributed by atoms with E-state index >= 15 is 0 Å². The predicted octanol–water partition coefficient (Wildman–Crippen LogP) is 1.53. The van der Waals surface area contributed by atoms with E-state index in [4.69, 9.17) is 0 Å². The molecule has 1 aliphatic carbocycles. The van der Waals surface area contributed by atoms with Crippen LogP contribution in [0.2, 0.25) is 0 Å². The lowest BCUT2D eigenvalue weighted by atomic mass is 9.94. The number of hydrogen-bond acceptors (Lipinski definition) is 5. The van der Waals surface area contributed by atoms with Gasteiger partial charge in [0.2, 0.25) is 5.91 Å². The average Bonchev–Trinajstić information content (AvgIpc) is 3.24. The number of amides is 1. The Bertz CT molecular complexity index is 789. The number of sulfonamides is 1. The fourth-order valence-electron chi connectivity index (χ4n) is 4.84. The highest BCUT2D eigenvalue weighted by Crippen LogP contribution is 2.23. The van der Waals surface area contributed by atoms with Gasteiger partial charge in [-0.1, -0.05) is 25.7 Å². The number of hydrogen-bond donors (Lipinski definition) is 0. The van der Waals surface area contributed by atoms with Crippen molar-refractivity contribution < 1.29 is 13.2 Å². The molecule has 4 rings (SSSR count). The fourth-order valence-corrected chi connectivity index (χ4v) is 6.29. The van der Waals surface area contributed by atoms with Crippen molar-refractivity contribution in [2.24, 2.45) is 0 Å². The number of nitrogens with zero attached hydrogens (tertiary/aromatic N) is 5. The quantitative estimate of drug-likeness (QED) is 0.718. The van der Waals surface area contributed by atoms with Crippen molar-refractivity contribution in [2.45, 2.75) is 69.0 Å². The molecule has 1 aromatic rings. The Balaban J connectivity index is 1.30. The van der Waals surface area contributed by atoms with Crippen molar-refractivity contribution in [3.63, 3.8) is 0 Å². The molecule has 0 atom stereocenters. The number of rotatable bonds is 5. The molecule has 1 aromatic heterocycles. The maximum absolute atomic E-state index is 12.7. The standard InChI is InChI=1S/C20H33N5O3S/c26-20(24-13-11-23(12-14-24)18-7-3-1-4-8-18)16-22-15-19(21-17-22)29(27,28)25-9-5-2-6-10-25/h15,17-18H,1-14,16H2. The van der Waals surface area contributed by atoms with E-state index in [-0.39, 0.29) is 17.5 Å². The lowest BCUT2D eigenvalue weighted by Crippen LogP contribution is -2.52. The summed E-state index contributed by atoms with van der Waals surface area (Å²) in [5.41, 5.74) is 0. The molecule has 1 saturated carbocycles. The van der Waals surface area contributed by atoms with Gasteiger partial charge in [-0.25, -0.2) is 13.4 Å². The van der Waals surface area contributed by atoms with Gasteiger partial charge in [0, 0.05) is 51.5 Å². The smallest absolute Gasteiger partial charge is 0.262 e. The van der Waals surface area contributed by atoms with E-state index in [1.807, 2.05) is 4.90 Å². The van der Waals surface area contributed by atoms with Crippen LogP contribution in [0.5, 0.6) is 0 Å². The Hall–Kier alpha value is -1.45. The molecule has 2 aliphatic heterocycles. The normalized spacial score (nSPS) is 23.4. The van der Waals surface area contributed by atoms with Crippen LogP contribution in [0.15, 0.2) is 17.6 Å². The van der Waals surface area contributed by atoms with E-state index in [1.165, 1.54) is 48.9 Å². The molecule has 1 amide bonds. The maximum atomic E-state index is 12.7. The Morgan fingerprint density at radius 1 is 0.931 bits per heavy atom. The van der Waals surface area contributed by atoms with Gasteiger partial charge in [0.15, 0.2) is 5.03 Å². The molecule has 2 saturated heterocycles. The Labute approximate surface area is 173 Å². The van der Waals surface area contributed by atoms with Crippen molar-refractivity contribution in [3.8, 4) is 0 Å². The van der Waals surface area contributed by atoms with Crippen LogP contribution in [0, 0.1) is 0 Å². The zero-order chi connectivity index (χ0) is 20.3. The summed E-state index contributed by atoms with van der Waals surface area (Å²) in [6, 6.07) is 0.692. The summed E-state index contributed by atoms with van der Waals surface area (Å²) in [6.45, 7) is 4.64. The van der Waals surface area contributed by atoms with Crippen molar-refractivity contribution in [2.75, 3.05) is 39.3 Å². The molecular weight excluding hydrogens is 390 g/mol. The Kier molecular flexibility index (Phi) is 6.56. The number of piperazine rings is 1. The van der Waals surface area contributed by atoms with E-state index in [2.05, 4.69) is 9.88 Å². The minimum Gasteiger partial charge on any atom is -0.339 e. The first-order chi connectivity index (χ1) is 14.0. The number of carbonyl (C=O) groups is 1. The third-order valence-corrected chi connectivity index (χ3v) is 8.39. The molecule has 0 spiro atoms. The molecule has 3 fully saturated rings. The summed E-state index contributed by atoms with van der Waals surface area (Å²) >= 11 is 0. The number of imidazole rings is 1. The highest BCUT2D eigenvalue weighted by molar-refractivity contribution is 7.89. The second kappa shape index (κ2) is 9.14. The third kappa shape index (κ3) is 4.83. The summed E-state index contributed by atoms with van der Waals surface area (Å²) in [6.07, 6.45) is 12.4. The summed E-state index contributed by atoms with van der Waals surface area (Å²) in [5, 5.41) is 0.0503. The van der Waals surface area contributed by atoms with Gasteiger partial charge in [-0.15, -0.1) is 0 Å². The highest BCUT2D eigenvalue weighted by atomic mass is 32.2. The molecule has 29 heavy (non-hydrogen) atoms. The molecular formula is C20H33N5O3S. The molecule has 3 heterocycles. The summed E-state index contributed by atoms with van der Waals surface area (Å²) < 4.78 is 28.6. The largest absolute Gasteiger partial charge is 0.339 e. The lowest BCUT2D eigenvalue weighted by Gasteiger charge is -2.40. The van der Waals surface area contributed by atoms with Crippen LogP contribution < -0.4 is 0 Å². The first-order valence-electron chi connectivity index (χ1n) is 11.1. The van der Waals surface area contributed by atoms with Gasteiger partial charge in [-0.3, -0.25) is 9.69 Å². The van der Waals surface area contributed by atoms with E-state index in [1.54, 1.807) is 4.57 Å². The zero-order valence-corrected chi connectivity index (χ0v) is 18.0. The topological polar surface area (TPSA) is 78.7 Å².